The fourth-order valence-electron chi connectivity index (χ4n) is 1.97. The van der Waals surface area contributed by atoms with E-state index in [0.29, 0.717) is 6.54 Å². The van der Waals surface area contributed by atoms with Gasteiger partial charge in [0.1, 0.15) is 0 Å². The van der Waals surface area contributed by atoms with Crippen LogP contribution in [0.1, 0.15) is 5.56 Å². The molecule has 5 nitrogen and oxygen atoms in total. The summed E-state index contributed by atoms with van der Waals surface area (Å²) in [5.41, 5.74) is 3.52. The van der Waals surface area contributed by atoms with Gasteiger partial charge in [-0.2, -0.15) is 0 Å². The Hall–Kier alpha value is -2.34. The van der Waals surface area contributed by atoms with Crippen LogP contribution in [0.4, 0.5) is 10.5 Å². The Kier molecular flexibility index (Phi) is 3.87. The Morgan fingerprint density at radius 2 is 2.00 bits per heavy atom. The van der Waals surface area contributed by atoms with Crippen molar-refractivity contribution in [2.45, 2.75) is 6.54 Å². The maximum absolute atomic E-state index is 11.9. The topological polar surface area (TPSA) is 69.8 Å². The van der Waals surface area contributed by atoms with Gasteiger partial charge in [0.05, 0.1) is 17.4 Å². The number of fused-ring (bicyclic) bond motifs is 1. The third-order valence-electron chi connectivity index (χ3n) is 3.04. The molecule has 2 aromatic carbocycles. The average molecular weight is 345 g/mol. The van der Waals surface area contributed by atoms with E-state index in [-0.39, 0.29) is 6.03 Å². The maximum Gasteiger partial charge on any atom is 0.319 e. The van der Waals surface area contributed by atoms with E-state index < -0.39 is 0 Å². The largest absolute Gasteiger partial charge is 0.345 e. The monoisotopic (exact) mass is 344 g/mol. The molecule has 0 saturated carbocycles. The number of aromatic amines is 1. The van der Waals surface area contributed by atoms with Crippen molar-refractivity contribution < 1.29 is 4.79 Å². The molecule has 0 unspecified atom stereocenters. The van der Waals surface area contributed by atoms with Crippen molar-refractivity contribution in [2.75, 3.05) is 5.32 Å². The molecule has 6 heteroatoms. The number of urea groups is 1. The first-order valence-corrected chi connectivity index (χ1v) is 7.22. The Morgan fingerprint density at radius 3 is 2.81 bits per heavy atom. The SMILES string of the molecule is O=C(NCc1ccc(Br)cc1)Nc1ccc2nc[nH]c2c1. The fraction of sp³-hybridized carbons (Fsp3) is 0.0667. The third kappa shape index (κ3) is 3.41. The van der Waals surface area contributed by atoms with Crippen LogP contribution in [0.5, 0.6) is 0 Å². The molecular weight excluding hydrogens is 332 g/mol. The number of halogens is 1. The Morgan fingerprint density at radius 1 is 1.19 bits per heavy atom. The number of imidazole rings is 1. The summed E-state index contributed by atoms with van der Waals surface area (Å²) in [6.45, 7) is 0.478. The highest BCUT2D eigenvalue weighted by molar-refractivity contribution is 9.10. The van der Waals surface area contributed by atoms with E-state index in [1.165, 1.54) is 0 Å². The minimum Gasteiger partial charge on any atom is -0.345 e. The molecule has 1 aromatic heterocycles. The maximum atomic E-state index is 11.9. The molecule has 2 amide bonds. The standard InChI is InChI=1S/C15H13BrN4O/c16-11-3-1-10(2-4-11)8-17-15(21)20-12-5-6-13-14(7-12)19-9-18-13/h1-7,9H,8H2,(H,18,19)(H2,17,20,21). The van der Waals surface area contributed by atoms with Gasteiger partial charge < -0.3 is 15.6 Å². The van der Waals surface area contributed by atoms with E-state index in [1.54, 1.807) is 6.33 Å². The zero-order valence-electron chi connectivity index (χ0n) is 11.1. The van der Waals surface area contributed by atoms with Crippen molar-refractivity contribution in [3.05, 3.63) is 58.8 Å². The first-order chi connectivity index (χ1) is 10.2. The molecule has 21 heavy (non-hydrogen) atoms. The summed E-state index contributed by atoms with van der Waals surface area (Å²) in [6, 6.07) is 13.1. The molecule has 0 aliphatic carbocycles. The molecule has 0 saturated heterocycles. The first kappa shape index (κ1) is 13.6. The number of amides is 2. The zero-order valence-corrected chi connectivity index (χ0v) is 12.6. The highest BCUT2D eigenvalue weighted by Crippen LogP contribution is 2.15. The molecule has 0 bridgehead atoms. The van der Waals surface area contributed by atoms with Gasteiger partial charge in [0.2, 0.25) is 0 Å². The summed E-state index contributed by atoms with van der Waals surface area (Å²) in [4.78, 5) is 19.0. The van der Waals surface area contributed by atoms with Crippen LogP contribution in [0.3, 0.4) is 0 Å². The highest BCUT2D eigenvalue weighted by Gasteiger charge is 2.03. The molecule has 0 atom stereocenters. The smallest absolute Gasteiger partial charge is 0.319 e. The number of anilines is 1. The summed E-state index contributed by atoms with van der Waals surface area (Å²) in [7, 11) is 0. The van der Waals surface area contributed by atoms with Gasteiger partial charge in [0.25, 0.3) is 0 Å². The van der Waals surface area contributed by atoms with Crippen molar-refractivity contribution in [3.8, 4) is 0 Å². The lowest BCUT2D eigenvalue weighted by atomic mass is 10.2. The molecule has 0 spiro atoms. The number of carbonyl (C=O) groups excluding carboxylic acids is 1. The van der Waals surface area contributed by atoms with Gasteiger partial charge in [-0.3, -0.25) is 0 Å². The zero-order chi connectivity index (χ0) is 14.7. The van der Waals surface area contributed by atoms with E-state index in [1.807, 2.05) is 42.5 Å². The summed E-state index contributed by atoms with van der Waals surface area (Å²) in [5, 5.41) is 5.62. The van der Waals surface area contributed by atoms with Crippen molar-refractivity contribution in [2.24, 2.45) is 0 Å². The third-order valence-corrected chi connectivity index (χ3v) is 3.57. The van der Waals surface area contributed by atoms with Crippen LogP contribution in [0.25, 0.3) is 11.0 Å². The summed E-state index contributed by atoms with van der Waals surface area (Å²) < 4.78 is 1.02. The predicted molar refractivity (Wildman–Crippen MR) is 86.1 cm³/mol. The average Bonchev–Trinajstić information content (AvgIpc) is 2.94. The Balaban J connectivity index is 1.59. The van der Waals surface area contributed by atoms with Crippen LogP contribution in [0.2, 0.25) is 0 Å². The van der Waals surface area contributed by atoms with E-state index in [2.05, 4.69) is 36.5 Å². The number of hydrogen-bond acceptors (Lipinski definition) is 2. The summed E-state index contributed by atoms with van der Waals surface area (Å²) >= 11 is 3.38. The van der Waals surface area contributed by atoms with E-state index >= 15 is 0 Å². The van der Waals surface area contributed by atoms with Gasteiger partial charge >= 0.3 is 6.03 Å². The summed E-state index contributed by atoms with van der Waals surface area (Å²) in [5.74, 6) is 0. The molecule has 1 heterocycles. The fourth-order valence-corrected chi connectivity index (χ4v) is 2.24. The van der Waals surface area contributed by atoms with Crippen LogP contribution in [0.15, 0.2) is 53.3 Å². The number of aromatic nitrogens is 2. The number of nitrogens with one attached hydrogen (secondary N) is 3. The lowest BCUT2D eigenvalue weighted by molar-refractivity contribution is 0.251. The second kappa shape index (κ2) is 5.97. The minimum atomic E-state index is -0.239. The Bertz CT molecular complexity index is 767. The number of carbonyl (C=O) groups is 1. The van der Waals surface area contributed by atoms with Crippen LogP contribution < -0.4 is 10.6 Å². The number of H-pyrrole nitrogens is 1. The van der Waals surface area contributed by atoms with Crippen molar-refractivity contribution in [1.29, 1.82) is 0 Å². The predicted octanol–water partition coefficient (Wildman–Crippen LogP) is 3.65. The molecule has 3 aromatic rings. The van der Waals surface area contributed by atoms with Gasteiger partial charge in [0.15, 0.2) is 0 Å². The molecule has 106 valence electrons. The van der Waals surface area contributed by atoms with E-state index in [9.17, 15) is 4.79 Å². The van der Waals surface area contributed by atoms with Gasteiger partial charge in [-0.25, -0.2) is 9.78 Å². The molecular formula is C15H13BrN4O. The number of benzene rings is 2. The van der Waals surface area contributed by atoms with Crippen molar-refractivity contribution >= 4 is 38.7 Å². The summed E-state index contributed by atoms with van der Waals surface area (Å²) in [6.07, 6.45) is 1.63. The minimum absolute atomic E-state index is 0.239. The lowest BCUT2D eigenvalue weighted by Crippen LogP contribution is -2.28. The van der Waals surface area contributed by atoms with E-state index in [0.717, 1.165) is 26.8 Å². The molecule has 3 rings (SSSR count). The molecule has 3 N–H and O–H groups in total. The van der Waals surface area contributed by atoms with Gasteiger partial charge in [-0.05, 0) is 35.9 Å². The molecule has 0 fully saturated rings. The van der Waals surface area contributed by atoms with E-state index in [4.69, 9.17) is 0 Å². The molecule has 0 aliphatic heterocycles. The second-order valence-corrected chi connectivity index (χ2v) is 5.48. The van der Waals surface area contributed by atoms with Gasteiger partial charge in [0, 0.05) is 16.7 Å². The van der Waals surface area contributed by atoms with Crippen LogP contribution in [-0.4, -0.2) is 16.0 Å². The molecule has 0 radical (unpaired) electrons. The lowest BCUT2D eigenvalue weighted by Gasteiger charge is -2.08. The van der Waals surface area contributed by atoms with Crippen molar-refractivity contribution in [3.63, 3.8) is 0 Å². The van der Waals surface area contributed by atoms with Crippen LogP contribution in [-0.2, 0) is 6.54 Å². The quantitative estimate of drug-likeness (QED) is 0.678. The number of nitrogens with zero attached hydrogens (tertiary/aromatic N) is 1. The second-order valence-electron chi connectivity index (χ2n) is 4.57. The van der Waals surface area contributed by atoms with Gasteiger partial charge in [-0.1, -0.05) is 28.1 Å². The van der Waals surface area contributed by atoms with Crippen molar-refractivity contribution in [1.82, 2.24) is 15.3 Å². The normalized spacial score (nSPS) is 10.5. The first-order valence-electron chi connectivity index (χ1n) is 6.43. The Labute approximate surface area is 129 Å². The number of hydrogen-bond donors (Lipinski definition) is 3. The van der Waals surface area contributed by atoms with Crippen LogP contribution >= 0.6 is 15.9 Å². The van der Waals surface area contributed by atoms with Crippen LogP contribution in [0, 0.1) is 0 Å². The van der Waals surface area contributed by atoms with Gasteiger partial charge in [-0.15, -0.1) is 0 Å². The number of rotatable bonds is 3. The molecule has 0 aliphatic rings. The highest BCUT2D eigenvalue weighted by atomic mass is 79.9.